The van der Waals surface area contributed by atoms with Gasteiger partial charge in [-0.2, -0.15) is 5.10 Å². The topological polar surface area (TPSA) is 73.9 Å². The molecule has 0 amide bonds. The summed E-state index contributed by atoms with van der Waals surface area (Å²) >= 11 is 0. The van der Waals surface area contributed by atoms with Gasteiger partial charge in [0.25, 0.3) is 0 Å². The molecule has 0 bridgehead atoms. The number of aryl methyl sites for hydroxylation is 3. The molecule has 49 heavy (non-hydrogen) atoms. The summed E-state index contributed by atoms with van der Waals surface area (Å²) in [7, 11) is 6.36. The summed E-state index contributed by atoms with van der Waals surface area (Å²) in [6.07, 6.45) is 10.2. The van der Waals surface area contributed by atoms with E-state index in [0.717, 1.165) is 91.6 Å². The first-order valence-corrected chi connectivity index (χ1v) is 17.3. The summed E-state index contributed by atoms with van der Waals surface area (Å²) in [5.74, 6) is 6.72. The summed E-state index contributed by atoms with van der Waals surface area (Å²) in [6.45, 7) is 11.5. The van der Waals surface area contributed by atoms with Crippen molar-refractivity contribution >= 4 is 22.8 Å². The van der Waals surface area contributed by atoms with Crippen molar-refractivity contribution in [2.75, 3.05) is 59.2 Å². The Balaban J connectivity index is 1.12. The van der Waals surface area contributed by atoms with Crippen LogP contribution in [0.5, 0.6) is 0 Å². The number of carbonyl (C=O) groups excluding carboxylic acids is 1. The van der Waals surface area contributed by atoms with E-state index in [0.29, 0.717) is 12.0 Å². The highest BCUT2D eigenvalue weighted by Crippen LogP contribution is 2.22. The third kappa shape index (κ3) is 8.84. The van der Waals surface area contributed by atoms with Crippen molar-refractivity contribution in [3.05, 3.63) is 112 Å². The number of aromatic nitrogens is 4. The smallest absolute Gasteiger partial charge is 0.167 e. The van der Waals surface area contributed by atoms with E-state index in [1.165, 1.54) is 17.5 Å². The first kappa shape index (κ1) is 34.1. The summed E-state index contributed by atoms with van der Waals surface area (Å²) in [6, 6.07) is 16.3. The Hall–Kier alpha value is -4.75. The number of imidazole rings is 1. The number of carbonyl (C=O) groups is 1. The molecule has 254 valence electrons. The van der Waals surface area contributed by atoms with E-state index in [9.17, 15) is 4.79 Å². The zero-order valence-electron chi connectivity index (χ0n) is 29.5. The van der Waals surface area contributed by atoms with E-state index < -0.39 is 0 Å². The fourth-order valence-electron chi connectivity index (χ4n) is 6.35. The van der Waals surface area contributed by atoms with Gasteiger partial charge in [-0.1, -0.05) is 36.3 Å². The molecule has 3 aromatic heterocycles. The van der Waals surface area contributed by atoms with E-state index in [1.807, 2.05) is 64.9 Å². The normalized spacial score (nSPS) is 14.2. The van der Waals surface area contributed by atoms with Crippen LogP contribution in [0.15, 0.2) is 73.3 Å². The lowest BCUT2D eigenvalue weighted by atomic mass is 9.96. The minimum Gasteiger partial charge on any atom is -0.350 e. The fourth-order valence-corrected chi connectivity index (χ4v) is 6.35. The first-order valence-electron chi connectivity index (χ1n) is 17.3. The molecule has 1 aliphatic rings. The Morgan fingerprint density at radius 3 is 2.69 bits per heavy atom. The van der Waals surface area contributed by atoms with Crippen LogP contribution < -0.4 is 5.32 Å². The molecule has 1 fully saturated rings. The molecule has 1 N–H and O–H groups in total. The predicted molar refractivity (Wildman–Crippen MR) is 198 cm³/mol. The molecule has 9 heteroatoms. The van der Waals surface area contributed by atoms with Crippen LogP contribution in [0.3, 0.4) is 0 Å². The van der Waals surface area contributed by atoms with E-state index in [-0.39, 0.29) is 5.78 Å². The van der Waals surface area contributed by atoms with E-state index >= 15 is 0 Å². The van der Waals surface area contributed by atoms with Crippen molar-refractivity contribution in [3.8, 4) is 11.8 Å². The molecule has 1 saturated heterocycles. The molecule has 9 nitrogen and oxygen atoms in total. The highest BCUT2D eigenvalue weighted by atomic mass is 16.1. The minimum atomic E-state index is 0.0947. The summed E-state index contributed by atoms with van der Waals surface area (Å²) < 4.78 is 3.95. The highest BCUT2D eigenvalue weighted by Gasteiger charge is 2.15. The van der Waals surface area contributed by atoms with E-state index in [4.69, 9.17) is 0 Å². The zero-order valence-corrected chi connectivity index (χ0v) is 29.5. The third-order valence-corrected chi connectivity index (χ3v) is 9.30. The number of Topliss-reactive ketones (excluding diaryl/α,β-unsaturated/α-hetero) is 1. The molecule has 0 aliphatic carbocycles. The van der Waals surface area contributed by atoms with Crippen molar-refractivity contribution in [3.63, 3.8) is 0 Å². The van der Waals surface area contributed by atoms with Gasteiger partial charge in [0.15, 0.2) is 11.4 Å². The number of rotatable bonds is 11. The van der Waals surface area contributed by atoms with Crippen molar-refractivity contribution < 1.29 is 4.79 Å². The van der Waals surface area contributed by atoms with Gasteiger partial charge in [-0.3, -0.25) is 18.8 Å². The lowest BCUT2D eigenvalue weighted by Gasteiger charge is -2.21. The fraction of sp³-hybridized carbons (Fsp3) is 0.375. The standard InChI is InChI=1S/C40H48N8O/c1-30-10-12-34(39(49)24-32-11-13-35(31(2)23-32)28-46-18-8-17-45(5)21-22-46)25-33(30)14-15-37-27-41-40-38(9-6-20-48(37)40)43-36-26-42-47(29-36)19-7-16-44(3)4/h6,9-13,20,23,25-27,29,43H,7-8,16-19,21-22,24,28H2,1-5H3. The lowest BCUT2D eigenvalue weighted by molar-refractivity contribution is 0.0993. The SMILES string of the molecule is Cc1ccc(C(=O)Cc2ccc(CN3CCCN(C)CC3)c(C)c2)cc1C#Cc1cnc2c(Nc3cnn(CCCN(C)C)c3)cccn12. The number of likely N-dealkylation sites (N-methyl/N-ethyl adjacent to an activating group) is 1. The summed E-state index contributed by atoms with van der Waals surface area (Å²) in [4.78, 5) is 25.2. The minimum absolute atomic E-state index is 0.0947. The maximum Gasteiger partial charge on any atom is 0.167 e. The number of benzene rings is 2. The van der Waals surface area contributed by atoms with Crippen LogP contribution in [-0.2, 0) is 19.5 Å². The number of nitrogens with one attached hydrogen (secondary N) is 1. The van der Waals surface area contributed by atoms with E-state index in [2.05, 4.69) is 88.2 Å². The van der Waals surface area contributed by atoms with Crippen LogP contribution >= 0.6 is 0 Å². The maximum absolute atomic E-state index is 13.4. The number of anilines is 2. The number of ketones is 1. The molecular weight excluding hydrogens is 608 g/mol. The molecule has 0 saturated carbocycles. The van der Waals surface area contributed by atoms with Crippen molar-refractivity contribution in [2.45, 2.75) is 46.2 Å². The van der Waals surface area contributed by atoms with Crippen LogP contribution in [0.25, 0.3) is 5.65 Å². The second-order valence-electron chi connectivity index (χ2n) is 13.6. The number of hydrogen-bond donors (Lipinski definition) is 1. The number of hydrogen-bond acceptors (Lipinski definition) is 7. The van der Waals surface area contributed by atoms with Gasteiger partial charge in [-0.05, 0) is 114 Å². The maximum atomic E-state index is 13.4. The quantitative estimate of drug-likeness (QED) is 0.142. The molecule has 2 aromatic carbocycles. The van der Waals surface area contributed by atoms with Crippen LogP contribution in [0.1, 0.15) is 56.7 Å². The van der Waals surface area contributed by atoms with Crippen LogP contribution in [-0.4, -0.2) is 93.5 Å². The van der Waals surface area contributed by atoms with Gasteiger partial charge in [0, 0.05) is 56.1 Å². The Morgan fingerprint density at radius 1 is 0.980 bits per heavy atom. The van der Waals surface area contributed by atoms with Gasteiger partial charge in [-0.15, -0.1) is 0 Å². The van der Waals surface area contributed by atoms with Gasteiger partial charge in [0.05, 0.1) is 23.8 Å². The second-order valence-corrected chi connectivity index (χ2v) is 13.6. The van der Waals surface area contributed by atoms with Crippen molar-refractivity contribution in [1.82, 2.24) is 33.9 Å². The third-order valence-electron chi connectivity index (χ3n) is 9.30. The zero-order chi connectivity index (χ0) is 34.3. The van der Waals surface area contributed by atoms with Gasteiger partial charge in [0.1, 0.15) is 5.69 Å². The summed E-state index contributed by atoms with van der Waals surface area (Å²) in [5.41, 5.74) is 9.53. The molecule has 0 unspecified atom stereocenters. The van der Waals surface area contributed by atoms with Crippen LogP contribution in [0.2, 0.25) is 0 Å². The second kappa shape index (κ2) is 15.6. The molecule has 6 rings (SSSR count). The average molecular weight is 657 g/mol. The average Bonchev–Trinajstić information content (AvgIpc) is 3.65. The molecule has 0 atom stereocenters. The lowest BCUT2D eigenvalue weighted by Crippen LogP contribution is -2.28. The Labute approximate surface area is 290 Å². The van der Waals surface area contributed by atoms with E-state index in [1.54, 1.807) is 6.20 Å². The van der Waals surface area contributed by atoms with Gasteiger partial charge >= 0.3 is 0 Å². The molecule has 4 heterocycles. The Bertz CT molecular complexity index is 1980. The van der Waals surface area contributed by atoms with Crippen molar-refractivity contribution in [2.24, 2.45) is 0 Å². The molecule has 5 aromatic rings. The number of pyridine rings is 1. The molecule has 0 spiro atoms. The van der Waals surface area contributed by atoms with Gasteiger partial charge in [0.2, 0.25) is 0 Å². The molecular formula is C40H48N8O. The van der Waals surface area contributed by atoms with Crippen LogP contribution in [0.4, 0.5) is 11.4 Å². The van der Waals surface area contributed by atoms with Gasteiger partial charge in [-0.25, -0.2) is 4.98 Å². The first-order chi connectivity index (χ1) is 23.7. The Kier molecular flexibility index (Phi) is 10.9. The Morgan fingerprint density at radius 2 is 1.86 bits per heavy atom. The number of fused-ring (bicyclic) bond motifs is 1. The largest absolute Gasteiger partial charge is 0.350 e. The molecule has 0 radical (unpaired) electrons. The predicted octanol–water partition coefficient (Wildman–Crippen LogP) is 5.81. The molecule has 1 aliphatic heterocycles. The van der Waals surface area contributed by atoms with Crippen LogP contribution in [0, 0.1) is 25.7 Å². The van der Waals surface area contributed by atoms with Crippen molar-refractivity contribution in [1.29, 1.82) is 0 Å². The monoisotopic (exact) mass is 656 g/mol. The highest BCUT2D eigenvalue weighted by molar-refractivity contribution is 5.98. The number of nitrogens with zero attached hydrogens (tertiary/aromatic N) is 7. The van der Waals surface area contributed by atoms with Gasteiger partial charge < -0.3 is 15.1 Å². The summed E-state index contributed by atoms with van der Waals surface area (Å²) in [5, 5.41) is 7.96.